The molecule has 0 aromatic carbocycles. The second kappa shape index (κ2) is 5.68. The number of nitrogens with two attached hydrogens (primary N) is 1. The molecule has 0 spiro atoms. The Labute approximate surface area is 109 Å². The zero-order chi connectivity index (χ0) is 12.3. The Balaban J connectivity index is 1.84. The number of nitrogen functional groups attached to an aromatic ring is 1. The lowest BCUT2D eigenvalue weighted by atomic mass is 9.95. The van der Waals surface area contributed by atoms with Gasteiger partial charge in [0.2, 0.25) is 10.1 Å². The topological polar surface area (TPSA) is 80.9 Å². The SMILES string of the molecule is CSC1CCC(NC(=O)c2nnc(N)s2)CC1. The average Bonchev–Trinajstić information content (AvgIpc) is 2.77. The molecular formula is C10H16N4OS2. The highest BCUT2D eigenvalue weighted by molar-refractivity contribution is 7.99. The van der Waals surface area contributed by atoms with Gasteiger partial charge in [0.15, 0.2) is 0 Å². The first kappa shape index (κ1) is 12.6. The van der Waals surface area contributed by atoms with Gasteiger partial charge in [0, 0.05) is 11.3 Å². The molecule has 0 atom stereocenters. The van der Waals surface area contributed by atoms with E-state index in [0.717, 1.165) is 29.4 Å². The molecule has 1 heterocycles. The smallest absolute Gasteiger partial charge is 0.282 e. The largest absolute Gasteiger partial charge is 0.374 e. The van der Waals surface area contributed by atoms with Crippen LogP contribution in [0.25, 0.3) is 0 Å². The summed E-state index contributed by atoms with van der Waals surface area (Å²) in [4.78, 5) is 11.8. The maximum atomic E-state index is 11.8. The number of thioether (sulfide) groups is 1. The molecule has 0 unspecified atom stereocenters. The van der Waals surface area contributed by atoms with Crippen molar-refractivity contribution in [3.63, 3.8) is 0 Å². The van der Waals surface area contributed by atoms with Crippen molar-refractivity contribution in [3.8, 4) is 0 Å². The van der Waals surface area contributed by atoms with E-state index in [1.807, 2.05) is 11.8 Å². The number of hydrogen-bond acceptors (Lipinski definition) is 6. The van der Waals surface area contributed by atoms with Gasteiger partial charge in [-0.25, -0.2) is 0 Å². The third-order valence-electron chi connectivity index (χ3n) is 2.98. The predicted octanol–water partition coefficient (Wildman–Crippen LogP) is 1.52. The second-order valence-electron chi connectivity index (χ2n) is 4.13. The summed E-state index contributed by atoms with van der Waals surface area (Å²) in [5, 5.41) is 11.8. The summed E-state index contributed by atoms with van der Waals surface area (Å²) < 4.78 is 0. The third-order valence-corrected chi connectivity index (χ3v) is 4.87. The van der Waals surface area contributed by atoms with Crippen LogP contribution in [0.1, 0.15) is 35.5 Å². The normalized spacial score (nSPS) is 24.5. The molecule has 17 heavy (non-hydrogen) atoms. The van der Waals surface area contributed by atoms with Gasteiger partial charge in [0.05, 0.1) is 0 Å². The zero-order valence-corrected chi connectivity index (χ0v) is 11.3. The van der Waals surface area contributed by atoms with Crippen molar-refractivity contribution in [2.75, 3.05) is 12.0 Å². The molecule has 1 saturated carbocycles. The van der Waals surface area contributed by atoms with Crippen LogP contribution in [0.15, 0.2) is 0 Å². The lowest BCUT2D eigenvalue weighted by molar-refractivity contribution is 0.0927. The van der Waals surface area contributed by atoms with E-state index in [1.165, 1.54) is 12.8 Å². The van der Waals surface area contributed by atoms with Crippen LogP contribution < -0.4 is 11.1 Å². The van der Waals surface area contributed by atoms with Gasteiger partial charge in [0.1, 0.15) is 0 Å². The average molecular weight is 272 g/mol. The zero-order valence-electron chi connectivity index (χ0n) is 9.68. The van der Waals surface area contributed by atoms with Crippen LogP contribution in [0, 0.1) is 0 Å². The second-order valence-corrected chi connectivity index (χ2v) is 6.28. The maximum Gasteiger partial charge on any atom is 0.282 e. The van der Waals surface area contributed by atoms with Crippen molar-refractivity contribution >= 4 is 34.1 Å². The fourth-order valence-corrected chi connectivity index (χ4v) is 3.27. The molecule has 7 heteroatoms. The summed E-state index contributed by atoms with van der Waals surface area (Å²) in [6.07, 6.45) is 6.58. The van der Waals surface area contributed by atoms with Crippen LogP contribution in [0.2, 0.25) is 0 Å². The molecule has 1 aliphatic carbocycles. The molecule has 3 N–H and O–H groups in total. The van der Waals surface area contributed by atoms with Gasteiger partial charge in [-0.05, 0) is 31.9 Å². The van der Waals surface area contributed by atoms with Crippen molar-refractivity contribution in [3.05, 3.63) is 5.01 Å². The number of carbonyl (C=O) groups excluding carboxylic acids is 1. The van der Waals surface area contributed by atoms with Crippen LogP contribution in [-0.2, 0) is 0 Å². The molecule has 94 valence electrons. The molecule has 2 rings (SSSR count). The molecule has 1 aromatic rings. The summed E-state index contributed by atoms with van der Waals surface area (Å²) in [5.74, 6) is -0.146. The first-order valence-corrected chi connectivity index (χ1v) is 7.72. The minimum Gasteiger partial charge on any atom is -0.374 e. The number of hydrogen-bond donors (Lipinski definition) is 2. The van der Waals surface area contributed by atoms with Crippen LogP contribution in [-0.4, -0.2) is 33.7 Å². The first-order valence-electron chi connectivity index (χ1n) is 5.61. The van der Waals surface area contributed by atoms with Gasteiger partial charge >= 0.3 is 0 Å². The Kier molecular flexibility index (Phi) is 4.22. The lowest BCUT2D eigenvalue weighted by Gasteiger charge is -2.27. The van der Waals surface area contributed by atoms with Crippen molar-refractivity contribution in [2.45, 2.75) is 37.0 Å². The number of amides is 1. The molecule has 1 aromatic heterocycles. The highest BCUT2D eigenvalue weighted by atomic mass is 32.2. The minimum atomic E-state index is -0.146. The molecule has 0 radical (unpaired) electrons. The van der Waals surface area contributed by atoms with E-state index >= 15 is 0 Å². The third kappa shape index (κ3) is 3.32. The number of nitrogens with one attached hydrogen (secondary N) is 1. The Morgan fingerprint density at radius 3 is 2.65 bits per heavy atom. The monoisotopic (exact) mass is 272 g/mol. The molecule has 1 fully saturated rings. The summed E-state index contributed by atoms with van der Waals surface area (Å²) in [7, 11) is 0. The van der Waals surface area contributed by atoms with E-state index in [0.29, 0.717) is 10.1 Å². The Morgan fingerprint density at radius 1 is 1.41 bits per heavy atom. The fraction of sp³-hybridized carbons (Fsp3) is 0.700. The molecule has 5 nitrogen and oxygen atoms in total. The Hall–Kier alpha value is -0.820. The number of nitrogens with zero attached hydrogens (tertiary/aromatic N) is 2. The predicted molar refractivity (Wildman–Crippen MR) is 71.3 cm³/mol. The number of carbonyl (C=O) groups is 1. The molecule has 0 bridgehead atoms. The number of aromatic nitrogens is 2. The quantitative estimate of drug-likeness (QED) is 0.872. The number of rotatable bonds is 3. The van der Waals surface area contributed by atoms with E-state index in [-0.39, 0.29) is 11.9 Å². The Bertz CT molecular complexity index is 387. The highest BCUT2D eigenvalue weighted by Crippen LogP contribution is 2.27. The molecule has 0 saturated heterocycles. The molecular weight excluding hydrogens is 256 g/mol. The van der Waals surface area contributed by atoms with Crippen LogP contribution >= 0.6 is 23.1 Å². The summed E-state index contributed by atoms with van der Waals surface area (Å²) in [6, 6.07) is 0.274. The van der Waals surface area contributed by atoms with E-state index in [1.54, 1.807) is 0 Å². The van der Waals surface area contributed by atoms with Crippen LogP contribution in [0.4, 0.5) is 5.13 Å². The summed E-state index contributed by atoms with van der Waals surface area (Å²) in [5.41, 5.74) is 5.45. The van der Waals surface area contributed by atoms with Crippen molar-refractivity contribution < 1.29 is 4.79 Å². The van der Waals surface area contributed by atoms with E-state index in [4.69, 9.17) is 5.73 Å². The van der Waals surface area contributed by atoms with E-state index in [2.05, 4.69) is 21.8 Å². The van der Waals surface area contributed by atoms with Gasteiger partial charge < -0.3 is 11.1 Å². The number of anilines is 1. The first-order chi connectivity index (χ1) is 8.19. The van der Waals surface area contributed by atoms with Gasteiger partial charge in [-0.1, -0.05) is 11.3 Å². The maximum absolute atomic E-state index is 11.8. The lowest BCUT2D eigenvalue weighted by Crippen LogP contribution is -2.38. The van der Waals surface area contributed by atoms with E-state index in [9.17, 15) is 4.79 Å². The highest BCUT2D eigenvalue weighted by Gasteiger charge is 2.23. The molecule has 1 amide bonds. The van der Waals surface area contributed by atoms with Crippen LogP contribution in [0.5, 0.6) is 0 Å². The summed E-state index contributed by atoms with van der Waals surface area (Å²) >= 11 is 3.05. The van der Waals surface area contributed by atoms with Gasteiger partial charge in [-0.3, -0.25) is 4.79 Å². The van der Waals surface area contributed by atoms with Gasteiger partial charge in [-0.15, -0.1) is 10.2 Å². The van der Waals surface area contributed by atoms with Crippen LogP contribution in [0.3, 0.4) is 0 Å². The molecule has 0 aliphatic heterocycles. The van der Waals surface area contributed by atoms with Crippen molar-refractivity contribution in [1.29, 1.82) is 0 Å². The summed E-state index contributed by atoms with van der Waals surface area (Å²) in [6.45, 7) is 0. The van der Waals surface area contributed by atoms with E-state index < -0.39 is 0 Å². The Morgan fingerprint density at radius 2 is 2.12 bits per heavy atom. The fourth-order valence-electron chi connectivity index (χ4n) is 2.02. The minimum absolute atomic E-state index is 0.146. The van der Waals surface area contributed by atoms with Crippen molar-refractivity contribution in [1.82, 2.24) is 15.5 Å². The van der Waals surface area contributed by atoms with Crippen molar-refractivity contribution in [2.24, 2.45) is 0 Å². The standard InChI is InChI=1S/C10H16N4OS2/c1-16-7-4-2-6(3-5-7)12-8(15)9-13-14-10(11)17-9/h6-7H,2-5H2,1H3,(H2,11,14)(H,12,15). The molecule has 1 aliphatic rings. The van der Waals surface area contributed by atoms with Gasteiger partial charge in [0.25, 0.3) is 5.91 Å². The van der Waals surface area contributed by atoms with Gasteiger partial charge in [-0.2, -0.15) is 11.8 Å².